The maximum atomic E-state index is 13.1. The fourth-order valence-electron chi connectivity index (χ4n) is 3.53. The van der Waals surface area contributed by atoms with Crippen molar-refractivity contribution in [1.29, 1.82) is 0 Å². The van der Waals surface area contributed by atoms with E-state index in [1.54, 1.807) is 43.5 Å². The van der Waals surface area contributed by atoms with E-state index in [1.165, 1.54) is 17.6 Å². The highest BCUT2D eigenvalue weighted by Gasteiger charge is 2.75. The SMILES string of the molecule is COc1ccc(N2C[C@H]3C[C@]3(C(=O)Nc3ccc(OC)nc3)S2(=O)=O)cc1. The van der Waals surface area contributed by atoms with Gasteiger partial charge in [0.2, 0.25) is 21.8 Å². The van der Waals surface area contributed by atoms with E-state index in [2.05, 4.69) is 10.3 Å². The van der Waals surface area contributed by atoms with Crippen molar-refractivity contribution in [2.45, 2.75) is 11.2 Å². The minimum Gasteiger partial charge on any atom is -0.497 e. The number of fused-ring (bicyclic) bond motifs is 1. The molecule has 8 nitrogen and oxygen atoms in total. The molecule has 2 atom stereocenters. The zero-order valence-electron chi connectivity index (χ0n) is 14.9. The van der Waals surface area contributed by atoms with Gasteiger partial charge in [0.05, 0.1) is 31.8 Å². The second-order valence-electron chi connectivity index (χ2n) is 6.57. The molecule has 27 heavy (non-hydrogen) atoms. The van der Waals surface area contributed by atoms with Crippen LogP contribution in [-0.4, -0.2) is 44.8 Å². The first kappa shape index (κ1) is 17.6. The Morgan fingerprint density at radius 3 is 2.52 bits per heavy atom. The maximum absolute atomic E-state index is 13.1. The number of rotatable bonds is 5. The molecule has 0 spiro atoms. The van der Waals surface area contributed by atoms with Crippen LogP contribution in [0.15, 0.2) is 42.6 Å². The van der Waals surface area contributed by atoms with E-state index in [9.17, 15) is 13.2 Å². The molecule has 2 fully saturated rings. The van der Waals surface area contributed by atoms with E-state index in [0.29, 0.717) is 36.0 Å². The smallest absolute Gasteiger partial charge is 0.250 e. The molecule has 1 aromatic heterocycles. The van der Waals surface area contributed by atoms with Gasteiger partial charge in [0.1, 0.15) is 5.75 Å². The standard InChI is InChI=1S/C18H19N3O5S/c1-25-15-6-4-14(5-7-15)21-11-12-9-18(12,27(21,23)24)17(22)20-13-3-8-16(26-2)19-10-13/h3-8,10,12H,9,11H2,1-2H3,(H,20,22)/t12-,18+/m1/s1. The summed E-state index contributed by atoms with van der Waals surface area (Å²) in [7, 11) is -0.784. The first-order valence-electron chi connectivity index (χ1n) is 8.40. The van der Waals surface area contributed by atoms with Crippen molar-refractivity contribution in [3.05, 3.63) is 42.6 Å². The van der Waals surface area contributed by atoms with Crippen LogP contribution < -0.4 is 19.1 Å². The molecule has 1 aliphatic carbocycles. The molecule has 4 rings (SSSR count). The summed E-state index contributed by atoms with van der Waals surface area (Å²) in [6.45, 7) is 0.295. The fourth-order valence-corrected chi connectivity index (χ4v) is 5.89. The molecule has 0 bridgehead atoms. The lowest BCUT2D eigenvalue weighted by Crippen LogP contribution is -2.42. The van der Waals surface area contributed by atoms with Crippen LogP contribution in [0, 0.1) is 5.92 Å². The van der Waals surface area contributed by atoms with Crippen LogP contribution in [0.4, 0.5) is 11.4 Å². The average Bonchev–Trinajstić information content (AvgIpc) is 3.38. The largest absolute Gasteiger partial charge is 0.497 e. The van der Waals surface area contributed by atoms with Crippen molar-refractivity contribution < 1.29 is 22.7 Å². The third-order valence-electron chi connectivity index (χ3n) is 5.13. The van der Waals surface area contributed by atoms with Gasteiger partial charge >= 0.3 is 0 Å². The van der Waals surface area contributed by atoms with Crippen LogP contribution in [0.3, 0.4) is 0 Å². The van der Waals surface area contributed by atoms with Gasteiger partial charge in [0.15, 0.2) is 4.75 Å². The number of pyridine rings is 1. The third-order valence-corrected chi connectivity index (χ3v) is 7.68. The second-order valence-corrected chi connectivity index (χ2v) is 8.69. The first-order chi connectivity index (χ1) is 12.9. The molecule has 2 heterocycles. The molecule has 0 radical (unpaired) electrons. The molecule has 2 aromatic rings. The van der Waals surface area contributed by atoms with Gasteiger partial charge in [-0.05, 0) is 36.8 Å². The highest BCUT2D eigenvalue weighted by atomic mass is 32.2. The van der Waals surface area contributed by atoms with E-state index < -0.39 is 20.7 Å². The zero-order chi connectivity index (χ0) is 19.2. The fraction of sp³-hybridized carbons (Fsp3) is 0.333. The molecular weight excluding hydrogens is 370 g/mol. The Hall–Kier alpha value is -2.81. The summed E-state index contributed by atoms with van der Waals surface area (Å²) in [4.78, 5) is 16.8. The summed E-state index contributed by atoms with van der Waals surface area (Å²) in [6.07, 6.45) is 1.77. The average molecular weight is 389 g/mol. The van der Waals surface area contributed by atoms with Gasteiger partial charge in [-0.25, -0.2) is 13.4 Å². The van der Waals surface area contributed by atoms with E-state index in [0.717, 1.165) is 0 Å². The number of ether oxygens (including phenoxy) is 2. The number of hydrogen-bond donors (Lipinski definition) is 1. The topological polar surface area (TPSA) is 97.8 Å². The van der Waals surface area contributed by atoms with Gasteiger partial charge in [0, 0.05) is 18.5 Å². The minimum absolute atomic E-state index is 0.226. The Bertz CT molecular complexity index is 975. The predicted molar refractivity (Wildman–Crippen MR) is 99.5 cm³/mol. The molecule has 1 aliphatic heterocycles. The van der Waals surface area contributed by atoms with E-state index in [4.69, 9.17) is 9.47 Å². The van der Waals surface area contributed by atoms with Crippen molar-refractivity contribution in [3.8, 4) is 11.6 Å². The molecule has 0 unspecified atom stereocenters. The van der Waals surface area contributed by atoms with Crippen LogP contribution in [-0.2, 0) is 14.8 Å². The number of amides is 1. The Kier molecular flexibility index (Phi) is 3.99. The molecular formula is C18H19N3O5S. The lowest BCUT2D eigenvalue weighted by molar-refractivity contribution is -0.116. The monoisotopic (exact) mass is 389 g/mol. The summed E-state index contributed by atoms with van der Waals surface area (Å²) < 4.78 is 36.3. The van der Waals surface area contributed by atoms with E-state index >= 15 is 0 Å². The number of carbonyl (C=O) groups is 1. The molecule has 1 saturated heterocycles. The normalized spacial score (nSPS) is 24.8. The van der Waals surface area contributed by atoms with Crippen LogP contribution >= 0.6 is 0 Å². The molecule has 1 amide bonds. The van der Waals surface area contributed by atoms with Gasteiger partial charge < -0.3 is 14.8 Å². The van der Waals surface area contributed by atoms with Gasteiger partial charge in [-0.1, -0.05) is 0 Å². The number of benzene rings is 1. The van der Waals surface area contributed by atoms with Crippen molar-refractivity contribution >= 4 is 27.3 Å². The number of sulfonamides is 1. The summed E-state index contributed by atoms with van der Waals surface area (Å²) in [5.74, 6) is 0.306. The quantitative estimate of drug-likeness (QED) is 0.835. The van der Waals surface area contributed by atoms with Gasteiger partial charge in [-0.3, -0.25) is 9.10 Å². The van der Waals surface area contributed by atoms with Crippen molar-refractivity contribution in [3.63, 3.8) is 0 Å². The zero-order valence-corrected chi connectivity index (χ0v) is 15.7. The molecule has 1 aromatic carbocycles. The predicted octanol–water partition coefficient (Wildman–Crippen LogP) is 1.65. The van der Waals surface area contributed by atoms with Crippen LogP contribution in [0.5, 0.6) is 11.6 Å². The molecule has 142 valence electrons. The van der Waals surface area contributed by atoms with Crippen LogP contribution in [0.2, 0.25) is 0 Å². The minimum atomic E-state index is -3.82. The number of anilines is 2. The molecule has 2 aliphatic rings. The second kappa shape index (κ2) is 6.12. The number of aromatic nitrogens is 1. The maximum Gasteiger partial charge on any atom is 0.250 e. The molecule has 1 N–H and O–H groups in total. The van der Waals surface area contributed by atoms with Gasteiger partial charge in [-0.15, -0.1) is 0 Å². The summed E-state index contributed by atoms with van der Waals surface area (Å²) in [5, 5.41) is 2.68. The lowest BCUT2D eigenvalue weighted by atomic mass is 10.2. The molecule has 1 saturated carbocycles. The first-order valence-corrected chi connectivity index (χ1v) is 9.84. The van der Waals surface area contributed by atoms with Crippen LogP contribution in [0.1, 0.15) is 6.42 Å². The number of carbonyl (C=O) groups excluding carboxylic acids is 1. The number of nitrogens with zero attached hydrogens (tertiary/aromatic N) is 2. The number of nitrogens with one attached hydrogen (secondary N) is 1. The third kappa shape index (κ3) is 2.61. The highest BCUT2D eigenvalue weighted by Crippen LogP contribution is 2.58. The summed E-state index contributed by atoms with van der Waals surface area (Å²) in [6, 6.07) is 9.99. The number of hydrogen-bond acceptors (Lipinski definition) is 6. The van der Waals surface area contributed by atoms with Gasteiger partial charge in [0.25, 0.3) is 0 Å². The Labute approximate surface area is 157 Å². The van der Waals surface area contributed by atoms with Crippen molar-refractivity contribution in [2.24, 2.45) is 5.92 Å². The Morgan fingerprint density at radius 1 is 1.19 bits per heavy atom. The van der Waals surface area contributed by atoms with E-state index in [1.807, 2.05) is 0 Å². The summed E-state index contributed by atoms with van der Waals surface area (Å²) >= 11 is 0. The van der Waals surface area contributed by atoms with Gasteiger partial charge in [-0.2, -0.15) is 0 Å². The Balaban J connectivity index is 1.57. The molecule has 9 heteroatoms. The summed E-state index contributed by atoms with van der Waals surface area (Å²) in [5.41, 5.74) is 0.959. The Morgan fingerprint density at radius 2 is 1.93 bits per heavy atom. The highest BCUT2D eigenvalue weighted by molar-refractivity contribution is 7.95. The van der Waals surface area contributed by atoms with E-state index in [-0.39, 0.29) is 5.92 Å². The van der Waals surface area contributed by atoms with Crippen molar-refractivity contribution in [2.75, 3.05) is 30.4 Å². The lowest BCUT2D eigenvalue weighted by Gasteiger charge is -2.23. The van der Waals surface area contributed by atoms with Crippen molar-refractivity contribution in [1.82, 2.24) is 4.98 Å². The number of methoxy groups -OCH3 is 2. The van der Waals surface area contributed by atoms with Crippen LogP contribution in [0.25, 0.3) is 0 Å².